The van der Waals surface area contributed by atoms with E-state index in [0.717, 1.165) is 74.8 Å². The Kier molecular flexibility index (Phi) is 12.7. The van der Waals surface area contributed by atoms with Crippen molar-refractivity contribution in [1.82, 2.24) is 34.1 Å². The van der Waals surface area contributed by atoms with Gasteiger partial charge in [-0.05, 0) is 102 Å². The molecule has 1 unspecified atom stereocenters. The lowest BCUT2D eigenvalue weighted by Crippen LogP contribution is -2.44. The fourth-order valence-corrected chi connectivity index (χ4v) is 8.01. The van der Waals surface area contributed by atoms with Gasteiger partial charge in [-0.25, -0.2) is 9.78 Å². The number of amides is 3. The van der Waals surface area contributed by atoms with E-state index in [2.05, 4.69) is 32.7 Å². The second-order valence-corrected chi connectivity index (χ2v) is 15.8. The van der Waals surface area contributed by atoms with Gasteiger partial charge in [-0.1, -0.05) is 18.2 Å². The van der Waals surface area contributed by atoms with Crippen LogP contribution in [0.3, 0.4) is 0 Å². The van der Waals surface area contributed by atoms with Crippen LogP contribution in [0.2, 0.25) is 0 Å². The summed E-state index contributed by atoms with van der Waals surface area (Å²) in [5, 5.41) is 20.4. The topological polar surface area (TPSA) is 166 Å². The monoisotopic (exact) mass is 796 g/mol. The number of nitrogens with one attached hydrogen (secondary N) is 2. The molecule has 1 saturated heterocycles. The third-order valence-corrected chi connectivity index (χ3v) is 10.9. The number of rotatable bonds is 15. The molecule has 1 saturated carbocycles. The number of benzene rings is 1. The number of hydrogen-bond donors (Lipinski definition) is 3. The number of carbonyl (C=O) groups is 3. The number of anilines is 1. The number of imide groups is 1. The number of piperidine rings is 1. The van der Waals surface area contributed by atoms with Crippen LogP contribution in [0, 0.1) is 5.92 Å². The number of aliphatic hydroxyl groups is 1. The molecule has 2 fully saturated rings. The Hall–Kier alpha value is -4.87. The minimum Gasteiger partial charge on any atom is -0.384 e. The normalized spacial score (nSPS) is 19.4. The molecule has 1 atom stereocenters. The van der Waals surface area contributed by atoms with E-state index >= 15 is 0 Å². The summed E-state index contributed by atoms with van der Waals surface area (Å²) in [6.07, 6.45) is 3.41. The number of imidazole rings is 1. The number of pyridine rings is 1. The van der Waals surface area contributed by atoms with Crippen LogP contribution in [-0.4, -0.2) is 85.0 Å². The third kappa shape index (κ3) is 9.82. The number of hydrogen-bond acceptors (Lipinski definition) is 9. The summed E-state index contributed by atoms with van der Waals surface area (Å²) >= 11 is 0. The third-order valence-electron chi connectivity index (χ3n) is 10.9. The van der Waals surface area contributed by atoms with Crippen LogP contribution in [-0.2, 0) is 39.6 Å². The van der Waals surface area contributed by atoms with Gasteiger partial charge in [0, 0.05) is 46.0 Å². The van der Waals surface area contributed by atoms with Crippen molar-refractivity contribution >= 4 is 34.4 Å². The van der Waals surface area contributed by atoms with Gasteiger partial charge in [0.15, 0.2) is 0 Å². The minimum atomic E-state index is -4.69. The Morgan fingerprint density at radius 1 is 1.04 bits per heavy atom. The number of fused-ring (bicyclic) bond motifs is 1. The molecule has 1 aliphatic heterocycles. The smallest absolute Gasteiger partial charge is 0.384 e. The second kappa shape index (κ2) is 17.3. The maximum absolute atomic E-state index is 13.2. The number of alkyl halides is 3. The molecule has 3 aromatic heterocycles. The molecule has 14 nitrogen and oxygen atoms in total. The average Bonchev–Trinajstić information content (AvgIpc) is 3.70. The summed E-state index contributed by atoms with van der Waals surface area (Å²) in [5.41, 5.74) is -0.341. The highest BCUT2D eigenvalue weighted by Gasteiger charge is 2.34. The zero-order valence-corrected chi connectivity index (χ0v) is 32.8. The summed E-state index contributed by atoms with van der Waals surface area (Å²) < 4.78 is 50.3. The van der Waals surface area contributed by atoms with Gasteiger partial charge in [-0.15, -0.1) is 0 Å². The minimum absolute atomic E-state index is 0.0421. The summed E-state index contributed by atoms with van der Waals surface area (Å²) in [4.78, 5) is 56.1. The molecule has 2 aliphatic rings. The van der Waals surface area contributed by atoms with E-state index in [-0.39, 0.29) is 35.4 Å². The van der Waals surface area contributed by atoms with Crippen LogP contribution in [0.1, 0.15) is 105 Å². The van der Waals surface area contributed by atoms with E-state index in [1.165, 1.54) is 24.5 Å². The van der Waals surface area contributed by atoms with Crippen molar-refractivity contribution < 1.29 is 37.4 Å². The van der Waals surface area contributed by atoms with Crippen LogP contribution < -0.4 is 16.3 Å². The molecule has 3 amide bonds. The van der Waals surface area contributed by atoms with Crippen molar-refractivity contribution in [1.29, 1.82) is 0 Å². The predicted octanol–water partition coefficient (Wildman–Crippen LogP) is 5.11. The number of nitrogens with zero attached hydrogens (tertiary/aromatic N) is 6. The molecule has 1 aromatic carbocycles. The molecule has 0 radical (unpaired) electrons. The molecule has 4 aromatic rings. The number of halogens is 3. The Morgan fingerprint density at radius 2 is 1.75 bits per heavy atom. The van der Waals surface area contributed by atoms with Gasteiger partial charge in [0.1, 0.15) is 28.7 Å². The lowest BCUT2D eigenvalue weighted by atomic mass is 9.86. The number of para-hydroxylation sites is 1. The summed E-state index contributed by atoms with van der Waals surface area (Å²) in [7, 11) is 3.81. The first-order valence-corrected chi connectivity index (χ1v) is 19.5. The quantitative estimate of drug-likeness (QED) is 0.110. The van der Waals surface area contributed by atoms with Crippen molar-refractivity contribution in [3.63, 3.8) is 0 Å². The molecule has 0 spiro atoms. The van der Waals surface area contributed by atoms with E-state index in [4.69, 9.17) is 4.74 Å². The molecule has 6 rings (SSSR count). The first kappa shape index (κ1) is 41.8. The van der Waals surface area contributed by atoms with Gasteiger partial charge >= 0.3 is 11.9 Å². The van der Waals surface area contributed by atoms with E-state index in [1.54, 1.807) is 22.5 Å². The molecule has 0 bridgehead atoms. The predicted molar refractivity (Wildman–Crippen MR) is 206 cm³/mol. The van der Waals surface area contributed by atoms with Crippen LogP contribution in [0.15, 0.2) is 47.4 Å². The highest BCUT2D eigenvalue weighted by molar-refractivity contribution is 6.03. The van der Waals surface area contributed by atoms with Crippen LogP contribution in [0.4, 0.5) is 18.9 Å². The highest BCUT2D eigenvalue weighted by atomic mass is 19.4. The highest BCUT2D eigenvalue weighted by Crippen LogP contribution is 2.36. The standard InChI is InChI=1S/C40H51F3N8O6/c1-39(2,56)35-29(45-36(53)28-11-6-13-32(44-28)40(41,42)43)24-50(47-35)27-16-14-25(15-17-27)23-48(3)20-8-22-57-21-7-10-26-9-5-12-30-34(26)49(4)38(55)51(30)31-18-19-33(52)46-37(31)54/h5-6,9,11-13,24-25,27,31,56H,7-8,10,14-23H2,1-4H3,(H,45,53)(H,46,52,54)/t25-,27-,31?. The van der Waals surface area contributed by atoms with Gasteiger partial charge in [0.25, 0.3) is 5.91 Å². The van der Waals surface area contributed by atoms with E-state index in [1.807, 2.05) is 18.2 Å². The van der Waals surface area contributed by atoms with Crippen molar-refractivity contribution in [3.05, 3.63) is 75.7 Å². The van der Waals surface area contributed by atoms with E-state index < -0.39 is 41.0 Å². The maximum atomic E-state index is 13.2. The van der Waals surface area contributed by atoms with Crippen LogP contribution >= 0.6 is 0 Å². The summed E-state index contributed by atoms with van der Waals surface area (Å²) in [6, 6.07) is 8.17. The fraction of sp³-hybridized carbons (Fsp3) is 0.550. The van der Waals surface area contributed by atoms with Crippen LogP contribution in [0.25, 0.3) is 11.0 Å². The molecule has 4 heterocycles. The second-order valence-electron chi connectivity index (χ2n) is 15.8. The Bertz CT molecular complexity index is 2140. The first-order valence-electron chi connectivity index (χ1n) is 19.5. The molecular weight excluding hydrogens is 745 g/mol. The first-order chi connectivity index (χ1) is 27.0. The van der Waals surface area contributed by atoms with Crippen molar-refractivity contribution in [3.8, 4) is 0 Å². The zero-order chi connectivity index (χ0) is 41.1. The van der Waals surface area contributed by atoms with Gasteiger partial charge in [-0.3, -0.25) is 33.5 Å². The van der Waals surface area contributed by atoms with E-state index in [0.29, 0.717) is 37.5 Å². The molecule has 57 heavy (non-hydrogen) atoms. The molecule has 308 valence electrons. The maximum Gasteiger partial charge on any atom is 0.433 e. The number of aromatic nitrogens is 5. The number of ether oxygens (including phenoxy) is 1. The van der Waals surface area contributed by atoms with Crippen molar-refractivity contribution in [2.75, 3.05) is 38.7 Å². The fourth-order valence-electron chi connectivity index (χ4n) is 8.01. The Labute approximate surface area is 328 Å². The van der Waals surface area contributed by atoms with Crippen LogP contribution in [0.5, 0.6) is 0 Å². The molecular formula is C40H51F3N8O6. The Morgan fingerprint density at radius 3 is 2.46 bits per heavy atom. The van der Waals surface area contributed by atoms with Gasteiger partial charge in [0.2, 0.25) is 11.8 Å². The van der Waals surface area contributed by atoms with E-state index in [9.17, 15) is 37.5 Å². The lowest BCUT2D eigenvalue weighted by molar-refractivity contribution is -0.141. The lowest BCUT2D eigenvalue weighted by Gasteiger charge is -2.31. The largest absolute Gasteiger partial charge is 0.433 e. The van der Waals surface area contributed by atoms with Gasteiger partial charge < -0.3 is 20.1 Å². The van der Waals surface area contributed by atoms with Crippen molar-refractivity contribution in [2.45, 2.75) is 95.5 Å². The molecule has 17 heteroatoms. The van der Waals surface area contributed by atoms with Gasteiger partial charge in [-0.2, -0.15) is 18.3 Å². The summed E-state index contributed by atoms with van der Waals surface area (Å²) in [6.45, 7) is 6.09. The molecule has 3 N–H and O–H groups in total. The zero-order valence-electron chi connectivity index (χ0n) is 32.8. The number of carbonyl (C=O) groups excluding carboxylic acids is 3. The SMILES string of the molecule is CN(CCCOCCCc1cccc2c1n(C)c(=O)n2C1CCC(=O)NC1=O)C[C@H]1CC[C@H](n2cc(NC(=O)c3cccc(C(F)(F)F)n3)c(C(C)(C)O)n2)CC1. The number of aryl methyl sites for hydroxylation is 2. The Balaban J connectivity index is 0.926. The van der Waals surface area contributed by atoms with Crippen molar-refractivity contribution in [2.24, 2.45) is 13.0 Å². The summed E-state index contributed by atoms with van der Waals surface area (Å²) in [5.74, 6) is -1.11. The molecule has 1 aliphatic carbocycles. The van der Waals surface area contributed by atoms with Gasteiger partial charge in [0.05, 0.1) is 22.8 Å². The average molecular weight is 797 g/mol.